The molecule has 2 rings (SSSR count). The minimum absolute atomic E-state index is 0.332. The first kappa shape index (κ1) is 9.33. The van der Waals surface area contributed by atoms with Crippen LogP contribution in [0.2, 0.25) is 0 Å². The van der Waals surface area contributed by atoms with Gasteiger partial charge in [0.25, 0.3) is 0 Å². The second kappa shape index (κ2) is 3.49. The third-order valence-corrected chi connectivity index (χ3v) is 2.12. The molecule has 0 amide bonds. The Labute approximate surface area is 86.1 Å². The Balaban J connectivity index is 2.60. The van der Waals surface area contributed by atoms with Crippen LogP contribution in [0.4, 0.5) is 0 Å². The standard InChI is InChI=1S/C11H9NO3/c13-9-2-1-8(10(14)11(9)15)7-3-5-12-6-4-7/h1-6,13-15H. The number of benzene rings is 1. The molecule has 0 fully saturated rings. The molecular weight excluding hydrogens is 194 g/mol. The first-order valence-electron chi connectivity index (χ1n) is 4.34. The van der Waals surface area contributed by atoms with E-state index < -0.39 is 5.75 Å². The van der Waals surface area contributed by atoms with Gasteiger partial charge in [-0.05, 0) is 29.8 Å². The zero-order valence-corrected chi connectivity index (χ0v) is 7.75. The third-order valence-electron chi connectivity index (χ3n) is 2.12. The number of aromatic hydroxyl groups is 3. The number of hydrogen-bond acceptors (Lipinski definition) is 4. The van der Waals surface area contributed by atoms with Crippen molar-refractivity contribution in [2.45, 2.75) is 0 Å². The number of pyridine rings is 1. The van der Waals surface area contributed by atoms with E-state index in [9.17, 15) is 10.2 Å². The lowest BCUT2D eigenvalue weighted by Crippen LogP contribution is -1.81. The Kier molecular flexibility index (Phi) is 2.17. The van der Waals surface area contributed by atoms with E-state index in [4.69, 9.17) is 5.11 Å². The number of aromatic nitrogens is 1. The van der Waals surface area contributed by atoms with Crippen molar-refractivity contribution in [1.82, 2.24) is 4.98 Å². The summed E-state index contributed by atoms with van der Waals surface area (Å²) in [5.41, 5.74) is 1.17. The van der Waals surface area contributed by atoms with Crippen molar-refractivity contribution in [2.75, 3.05) is 0 Å². The van der Waals surface area contributed by atoms with Crippen molar-refractivity contribution in [3.8, 4) is 28.4 Å². The van der Waals surface area contributed by atoms with Crippen LogP contribution in [0.15, 0.2) is 36.7 Å². The fourth-order valence-corrected chi connectivity index (χ4v) is 1.33. The van der Waals surface area contributed by atoms with Crippen molar-refractivity contribution in [3.05, 3.63) is 36.7 Å². The van der Waals surface area contributed by atoms with Gasteiger partial charge in [0.15, 0.2) is 11.5 Å². The molecule has 0 radical (unpaired) electrons. The molecule has 15 heavy (non-hydrogen) atoms. The molecular formula is C11H9NO3. The van der Waals surface area contributed by atoms with Crippen LogP contribution in [0.3, 0.4) is 0 Å². The summed E-state index contributed by atoms with van der Waals surface area (Å²) in [6.07, 6.45) is 3.16. The Morgan fingerprint density at radius 3 is 2.13 bits per heavy atom. The molecule has 3 N–H and O–H groups in total. The van der Waals surface area contributed by atoms with E-state index in [1.54, 1.807) is 24.5 Å². The van der Waals surface area contributed by atoms with E-state index >= 15 is 0 Å². The summed E-state index contributed by atoms with van der Waals surface area (Å²) in [7, 11) is 0. The average Bonchev–Trinajstić information content (AvgIpc) is 2.27. The van der Waals surface area contributed by atoms with Crippen molar-refractivity contribution in [1.29, 1.82) is 0 Å². The van der Waals surface area contributed by atoms with Gasteiger partial charge in [-0.25, -0.2) is 0 Å². The average molecular weight is 203 g/mol. The zero-order valence-electron chi connectivity index (χ0n) is 7.75. The summed E-state index contributed by atoms with van der Waals surface area (Å²) in [4.78, 5) is 3.85. The van der Waals surface area contributed by atoms with Gasteiger partial charge < -0.3 is 15.3 Å². The van der Waals surface area contributed by atoms with Gasteiger partial charge in [0, 0.05) is 18.0 Å². The lowest BCUT2D eigenvalue weighted by Gasteiger charge is -2.06. The predicted octanol–water partition coefficient (Wildman–Crippen LogP) is 1.87. The molecule has 0 aliphatic carbocycles. The molecule has 0 aliphatic heterocycles. The smallest absolute Gasteiger partial charge is 0.200 e. The van der Waals surface area contributed by atoms with Crippen molar-refractivity contribution in [2.24, 2.45) is 0 Å². The highest BCUT2D eigenvalue weighted by molar-refractivity contribution is 5.74. The molecule has 1 heterocycles. The Morgan fingerprint density at radius 2 is 1.47 bits per heavy atom. The summed E-state index contributed by atoms with van der Waals surface area (Å²) >= 11 is 0. The summed E-state index contributed by atoms with van der Waals surface area (Å²) < 4.78 is 0. The number of phenols is 3. The third kappa shape index (κ3) is 1.57. The quantitative estimate of drug-likeness (QED) is 0.618. The molecule has 0 saturated heterocycles. The van der Waals surface area contributed by atoms with Crippen molar-refractivity contribution < 1.29 is 15.3 Å². The van der Waals surface area contributed by atoms with Crippen LogP contribution in [-0.2, 0) is 0 Å². The van der Waals surface area contributed by atoms with Gasteiger partial charge in [-0.15, -0.1) is 0 Å². The summed E-state index contributed by atoms with van der Waals surface area (Å²) in [6.45, 7) is 0. The van der Waals surface area contributed by atoms with Crippen LogP contribution in [0, 0.1) is 0 Å². The van der Waals surface area contributed by atoms with Gasteiger partial charge in [-0.3, -0.25) is 4.98 Å². The van der Waals surface area contributed by atoms with E-state index in [1.165, 1.54) is 12.1 Å². The largest absolute Gasteiger partial charge is 0.504 e. The van der Waals surface area contributed by atoms with Crippen LogP contribution in [0.1, 0.15) is 0 Å². The highest BCUT2D eigenvalue weighted by Crippen LogP contribution is 2.41. The fourth-order valence-electron chi connectivity index (χ4n) is 1.33. The highest BCUT2D eigenvalue weighted by Gasteiger charge is 2.11. The van der Waals surface area contributed by atoms with Crippen LogP contribution >= 0.6 is 0 Å². The van der Waals surface area contributed by atoms with E-state index in [0.29, 0.717) is 5.56 Å². The monoisotopic (exact) mass is 203 g/mol. The minimum Gasteiger partial charge on any atom is -0.504 e. The Bertz CT molecular complexity index is 483. The van der Waals surface area contributed by atoms with Crippen LogP contribution in [-0.4, -0.2) is 20.3 Å². The molecule has 0 saturated carbocycles. The molecule has 2 aromatic rings. The lowest BCUT2D eigenvalue weighted by molar-refractivity contribution is 0.369. The first-order valence-corrected chi connectivity index (χ1v) is 4.34. The Morgan fingerprint density at radius 1 is 0.800 bits per heavy atom. The van der Waals surface area contributed by atoms with Crippen molar-refractivity contribution >= 4 is 0 Å². The minimum atomic E-state index is -0.510. The van der Waals surface area contributed by atoms with Gasteiger partial charge in [0.2, 0.25) is 5.75 Å². The molecule has 0 unspecified atom stereocenters. The van der Waals surface area contributed by atoms with Crippen molar-refractivity contribution in [3.63, 3.8) is 0 Å². The SMILES string of the molecule is Oc1ccc(-c2ccncc2)c(O)c1O. The molecule has 0 atom stereocenters. The normalized spacial score (nSPS) is 10.1. The van der Waals surface area contributed by atoms with Gasteiger partial charge in [-0.1, -0.05) is 0 Å². The maximum Gasteiger partial charge on any atom is 0.200 e. The molecule has 4 heteroatoms. The molecule has 0 spiro atoms. The highest BCUT2D eigenvalue weighted by atomic mass is 16.3. The van der Waals surface area contributed by atoms with Crippen LogP contribution in [0.25, 0.3) is 11.1 Å². The first-order chi connectivity index (χ1) is 7.20. The fraction of sp³-hybridized carbons (Fsp3) is 0. The number of rotatable bonds is 1. The Hall–Kier alpha value is -2.23. The van der Waals surface area contributed by atoms with Gasteiger partial charge in [-0.2, -0.15) is 0 Å². The molecule has 0 aliphatic rings. The maximum atomic E-state index is 9.60. The second-order valence-corrected chi connectivity index (χ2v) is 3.07. The maximum absolute atomic E-state index is 9.60. The molecule has 1 aromatic carbocycles. The predicted molar refractivity (Wildman–Crippen MR) is 54.7 cm³/mol. The van der Waals surface area contributed by atoms with Gasteiger partial charge in [0.1, 0.15) is 0 Å². The van der Waals surface area contributed by atoms with E-state index in [-0.39, 0.29) is 11.5 Å². The number of hydrogen-bond donors (Lipinski definition) is 3. The summed E-state index contributed by atoms with van der Waals surface area (Å²) in [5, 5.41) is 28.1. The molecule has 1 aromatic heterocycles. The van der Waals surface area contributed by atoms with E-state index in [1.807, 2.05) is 0 Å². The van der Waals surface area contributed by atoms with Crippen LogP contribution in [0.5, 0.6) is 17.2 Å². The second-order valence-electron chi connectivity index (χ2n) is 3.07. The number of phenolic OH excluding ortho intramolecular Hbond substituents is 3. The van der Waals surface area contributed by atoms with Gasteiger partial charge in [0.05, 0.1) is 0 Å². The summed E-state index contributed by atoms with van der Waals surface area (Å²) in [5.74, 6) is -1.18. The zero-order chi connectivity index (χ0) is 10.8. The summed E-state index contributed by atoms with van der Waals surface area (Å²) in [6, 6.07) is 6.25. The molecule has 0 bridgehead atoms. The topological polar surface area (TPSA) is 73.6 Å². The van der Waals surface area contributed by atoms with E-state index in [2.05, 4.69) is 4.98 Å². The molecule has 4 nitrogen and oxygen atoms in total. The van der Waals surface area contributed by atoms with Gasteiger partial charge >= 0.3 is 0 Å². The molecule has 76 valence electrons. The number of nitrogens with zero attached hydrogens (tertiary/aromatic N) is 1. The van der Waals surface area contributed by atoms with Crippen LogP contribution < -0.4 is 0 Å². The lowest BCUT2D eigenvalue weighted by atomic mass is 10.1. The van der Waals surface area contributed by atoms with E-state index in [0.717, 1.165) is 5.56 Å².